The van der Waals surface area contributed by atoms with E-state index in [1.165, 1.54) is 30.3 Å². The van der Waals surface area contributed by atoms with E-state index in [1.807, 2.05) is 24.3 Å². The second kappa shape index (κ2) is 13.2. The van der Waals surface area contributed by atoms with Gasteiger partial charge in [0.15, 0.2) is 0 Å². The van der Waals surface area contributed by atoms with Crippen molar-refractivity contribution in [3.8, 4) is 11.5 Å². The first-order valence-electron chi connectivity index (χ1n) is 13.1. The molecule has 0 fully saturated rings. The molecule has 4 aromatic carbocycles. The van der Waals surface area contributed by atoms with Crippen LogP contribution in [-0.4, -0.2) is 17.2 Å². The molecule has 0 aliphatic carbocycles. The summed E-state index contributed by atoms with van der Waals surface area (Å²) in [5, 5.41) is 13.4. The van der Waals surface area contributed by atoms with Crippen LogP contribution < -0.4 is 10.1 Å². The fourth-order valence-electron chi connectivity index (χ4n) is 4.49. The van der Waals surface area contributed by atoms with Gasteiger partial charge in [0, 0.05) is 4.90 Å². The van der Waals surface area contributed by atoms with Gasteiger partial charge in [-0.05, 0) is 88.5 Å². The molecule has 0 spiro atoms. The van der Waals surface area contributed by atoms with E-state index in [0.29, 0.717) is 22.6 Å². The van der Waals surface area contributed by atoms with Crippen molar-refractivity contribution in [2.45, 2.75) is 48.4 Å². The summed E-state index contributed by atoms with van der Waals surface area (Å²) in [5.41, 5.74) is -3.13. The minimum absolute atomic E-state index is 0.0516. The maximum absolute atomic E-state index is 13.4. The van der Waals surface area contributed by atoms with E-state index in [-0.39, 0.29) is 28.1 Å². The lowest BCUT2D eigenvalue weighted by atomic mass is 9.95. The molecule has 0 heterocycles. The maximum Gasteiger partial charge on any atom is 0.446 e. The predicted octanol–water partition coefficient (Wildman–Crippen LogP) is 9.65. The number of benzene rings is 4. The molecule has 2 N–H and O–H groups in total. The van der Waals surface area contributed by atoms with Crippen molar-refractivity contribution in [3.63, 3.8) is 0 Å². The van der Waals surface area contributed by atoms with Gasteiger partial charge in [-0.1, -0.05) is 62.4 Å². The number of thioether (sulfide) groups is 1. The zero-order valence-corrected chi connectivity index (χ0v) is 23.5. The third-order valence-electron chi connectivity index (χ3n) is 6.54. The summed E-state index contributed by atoms with van der Waals surface area (Å²) in [5.74, 6) is 1.34. The highest BCUT2D eigenvalue weighted by atomic mass is 32.2. The number of aliphatic hydroxyl groups is 1. The van der Waals surface area contributed by atoms with E-state index in [2.05, 4.69) is 19.2 Å². The third kappa shape index (κ3) is 8.53. The van der Waals surface area contributed by atoms with Crippen molar-refractivity contribution in [2.24, 2.45) is 0 Å². The topological polar surface area (TPSA) is 41.5 Å². The average Bonchev–Trinajstić information content (AvgIpc) is 2.93. The van der Waals surface area contributed by atoms with Gasteiger partial charge >= 0.3 is 11.7 Å². The highest BCUT2D eigenvalue weighted by molar-refractivity contribution is 8.00. The molecule has 4 rings (SSSR count). The number of alkyl halides is 6. The van der Waals surface area contributed by atoms with Gasteiger partial charge in [0.25, 0.3) is 0 Å². The van der Waals surface area contributed by atoms with E-state index in [9.17, 15) is 31.4 Å². The summed E-state index contributed by atoms with van der Waals surface area (Å²) in [6, 6.07) is 23.1. The number of nitrogens with one attached hydrogen (secondary N) is 1. The molecule has 0 bridgehead atoms. The molecule has 0 aliphatic rings. The summed E-state index contributed by atoms with van der Waals surface area (Å²) >= 11 is -0.265. The van der Waals surface area contributed by atoms with E-state index < -0.39 is 35.9 Å². The van der Waals surface area contributed by atoms with Crippen LogP contribution in [0.15, 0.2) is 102 Å². The van der Waals surface area contributed by atoms with Crippen molar-refractivity contribution in [1.82, 2.24) is 5.32 Å². The number of aliphatic hydroxyl groups excluding tert-OH is 1. The first-order valence-corrected chi connectivity index (χ1v) is 13.9. The van der Waals surface area contributed by atoms with Gasteiger partial charge in [-0.2, -0.15) is 26.3 Å². The van der Waals surface area contributed by atoms with Crippen LogP contribution in [0, 0.1) is 0 Å². The Kier molecular flexibility index (Phi) is 9.91. The summed E-state index contributed by atoms with van der Waals surface area (Å²) in [6.07, 6.45) is -4.59. The van der Waals surface area contributed by atoms with Crippen molar-refractivity contribution in [3.05, 3.63) is 125 Å². The molecule has 2 unspecified atom stereocenters. The quantitative estimate of drug-likeness (QED) is 0.140. The molecule has 0 saturated heterocycles. The Bertz CT molecular complexity index is 1490. The predicted molar refractivity (Wildman–Crippen MR) is 152 cm³/mol. The van der Waals surface area contributed by atoms with Crippen LogP contribution in [0.2, 0.25) is 0 Å². The van der Waals surface area contributed by atoms with Crippen LogP contribution in [0.3, 0.4) is 0 Å². The van der Waals surface area contributed by atoms with Crippen LogP contribution >= 0.6 is 11.8 Å². The van der Waals surface area contributed by atoms with E-state index >= 15 is 0 Å². The summed E-state index contributed by atoms with van der Waals surface area (Å²) in [6.45, 7) is 3.55. The number of hydrogen-bond acceptors (Lipinski definition) is 4. The molecule has 0 aromatic heterocycles. The maximum atomic E-state index is 13.4. The number of rotatable bonds is 10. The number of ether oxygens (including phenoxy) is 1. The molecule has 0 radical (unpaired) electrons. The molecule has 0 amide bonds. The van der Waals surface area contributed by atoms with Crippen molar-refractivity contribution in [2.75, 3.05) is 6.61 Å². The molecule has 0 saturated carbocycles. The summed E-state index contributed by atoms with van der Waals surface area (Å²) < 4.78 is 85.8. The Labute approximate surface area is 244 Å². The summed E-state index contributed by atoms with van der Waals surface area (Å²) in [7, 11) is 0. The van der Waals surface area contributed by atoms with Crippen LogP contribution in [0.5, 0.6) is 11.5 Å². The largest absolute Gasteiger partial charge is 0.457 e. The van der Waals surface area contributed by atoms with Gasteiger partial charge < -0.3 is 9.84 Å². The normalized spacial score (nSPS) is 13.7. The van der Waals surface area contributed by atoms with Crippen LogP contribution in [0.25, 0.3) is 0 Å². The van der Waals surface area contributed by atoms with Gasteiger partial charge in [0.2, 0.25) is 0 Å². The highest BCUT2D eigenvalue weighted by Gasteiger charge is 2.32. The first-order chi connectivity index (χ1) is 19.8. The molecule has 42 heavy (non-hydrogen) atoms. The van der Waals surface area contributed by atoms with Gasteiger partial charge in [-0.25, -0.2) is 0 Å². The second-order valence-corrected chi connectivity index (χ2v) is 11.1. The van der Waals surface area contributed by atoms with Crippen LogP contribution in [0.1, 0.15) is 59.7 Å². The molecule has 2 atom stereocenters. The number of halogens is 6. The molecule has 0 aliphatic heterocycles. The molecule has 10 heteroatoms. The first kappa shape index (κ1) is 31.5. The van der Waals surface area contributed by atoms with Crippen LogP contribution in [0.4, 0.5) is 26.3 Å². The van der Waals surface area contributed by atoms with Gasteiger partial charge in [-0.15, -0.1) is 0 Å². The van der Waals surface area contributed by atoms with Crippen LogP contribution in [-0.2, 0) is 6.18 Å². The van der Waals surface area contributed by atoms with E-state index in [0.717, 1.165) is 17.7 Å². The fraction of sp³-hybridized carbons (Fsp3) is 0.250. The Morgan fingerprint density at radius 1 is 0.714 bits per heavy atom. The number of hydrogen-bond donors (Lipinski definition) is 2. The van der Waals surface area contributed by atoms with Gasteiger partial charge in [-0.3, -0.25) is 5.32 Å². The Morgan fingerprint density at radius 3 is 1.86 bits per heavy atom. The van der Waals surface area contributed by atoms with Crippen molar-refractivity contribution in [1.29, 1.82) is 0 Å². The average molecular weight is 606 g/mol. The Morgan fingerprint density at radius 2 is 1.26 bits per heavy atom. The SMILES string of the molecule is CC(C)c1cccc(Oc2cccc(C(NC(CO)c3cccc(C(F)(F)F)c3)c3cccc(SC(F)(F)F)c3)c2)c1. The highest BCUT2D eigenvalue weighted by Crippen LogP contribution is 2.39. The third-order valence-corrected chi connectivity index (χ3v) is 7.26. The van der Waals surface area contributed by atoms with E-state index in [4.69, 9.17) is 4.74 Å². The monoisotopic (exact) mass is 605 g/mol. The summed E-state index contributed by atoms with van der Waals surface area (Å²) in [4.78, 5) is -0.0516. The minimum Gasteiger partial charge on any atom is -0.457 e. The lowest BCUT2D eigenvalue weighted by molar-refractivity contribution is -0.137. The minimum atomic E-state index is -4.59. The zero-order chi connectivity index (χ0) is 30.5. The molecule has 3 nitrogen and oxygen atoms in total. The molecular weight excluding hydrogens is 576 g/mol. The Hall–Kier alpha value is -3.47. The fourth-order valence-corrected chi connectivity index (χ4v) is 5.10. The van der Waals surface area contributed by atoms with Crippen molar-refractivity contribution < 1.29 is 36.2 Å². The lowest BCUT2D eigenvalue weighted by Gasteiger charge is -2.27. The van der Waals surface area contributed by atoms with E-state index in [1.54, 1.807) is 30.3 Å². The Balaban J connectivity index is 1.73. The molecule has 222 valence electrons. The van der Waals surface area contributed by atoms with Crippen molar-refractivity contribution >= 4 is 11.8 Å². The lowest BCUT2D eigenvalue weighted by Crippen LogP contribution is -2.30. The standard InChI is InChI=1S/C32H29F6NO2S/c1-20(2)21-7-4-12-26(16-21)41-27-13-5-9-23(17-27)30(24-10-6-14-28(18-24)42-32(36,37)38)39-29(19-40)22-8-3-11-25(15-22)31(33,34)35/h3-18,20,29-30,39-40H,19H2,1-2H3. The second-order valence-electron chi connectivity index (χ2n) is 9.98. The molecular formula is C32H29F6NO2S. The zero-order valence-electron chi connectivity index (χ0n) is 22.7. The smallest absolute Gasteiger partial charge is 0.446 e. The van der Waals surface area contributed by atoms with Gasteiger partial charge in [0.05, 0.1) is 24.3 Å². The molecule has 4 aromatic rings. The van der Waals surface area contributed by atoms with Gasteiger partial charge in [0.1, 0.15) is 11.5 Å².